The molecule has 0 atom stereocenters. The summed E-state index contributed by atoms with van der Waals surface area (Å²) in [6, 6.07) is 63.8. The minimum absolute atomic E-state index is 0.0329. The van der Waals surface area contributed by atoms with Crippen LogP contribution in [0.15, 0.2) is 187 Å². The summed E-state index contributed by atoms with van der Waals surface area (Å²) in [5, 5.41) is 4.62. The van der Waals surface area contributed by atoms with Gasteiger partial charge in [0.1, 0.15) is 0 Å². The van der Waals surface area contributed by atoms with Crippen LogP contribution in [0.4, 0.5) is 0 Å². The van der Waals surface area contributed by atoms with Gasteiger partial charge in [0, 0.05) is 30.8 Å². The van der Waals surface area contributed by atoms with Gasteiger partial charge in [0.15, 0.2) is 5.82 Å². The Morgan fingerprint density at radius 2 is 0.786 bits per heavy atom. The van der Waals surface area contributed by atoms with Crippen LogP contribution in [0.2, 0.25) is 0 Å². The molecule has 0 aliphatic heterocycles. The van der Waals surface area contributed by atoms with Gasteiger partial charge in [-0.1, -0.05) is 152 Å². The van der Waals surface area contributed by atoms with Crippen LogP contribution in [-0.4, -0.2) is 19.1 Å². The van der Waals surface area contributed by atoms with Gasteiger partial charge in [0.05, 0.1) is 22.4 Å². The smallest absolute Gasteiger partial charge is 0.295 e. The van der Waals surface area contributed by atoms with Crippen LogP contribution >= 0.6 is 0 Å². The number of imidazole rings is 1. The number of rotatable bonds is 6. The molecule has 2 heterocycles. The molecule has 0 spiro atoms. The van der Waals surface area contributed by atoms with Crippen molar-refractivity contribution in [2.24, 2.45) is 14.1 Å². The number of aryl methyl sites for hydroxylation is 2. The first-order chi connectivity index (χ1) is 27.5. The van der Waals surface area contributed by atoms with Crippen LogP contribution in [0.1, 0.15) is 0 Å². The van der Waals surface area contributed by atoms with Crippen molar-refractivity contribution in [2.75, 3.05) is 0 Å². The third kappa shape index (κ3) is 5.60. The molecular formula is C51H36N4O. The molecule has 10 rings (SSSR count). The highest BCUT2D eigenvalue weighted by Gasteiger charge is 2.19. The van der Waals surface area contributed by atoms with E-state index in [0.29, 0.717) is 5.82 Å². The highest BCUT2D eigenvalue weighted by Crippen LogP contribution is 2.44. The molecule has 0 unspecified atom stereocenters. The molecule has 0 amide bonds. The van der Waals surface area contributed by atoms with Gasteiger partial charge < -0.3 is 0 Å². The van der Waals surface area contributed by atoms with Crippen molar-refractivity contribution in [1.82, 2.24) is 19.1 Å². The molecule has 0 bridgehead atoms. The number of nitrogens with zero attached hydrogens (tertiary/aromatic N) is 4. The van der Waals surface area contributed by atoms with E-state index in [-0.39, 0.29) is 5.69 Å². The van der Waals surface area contributed by atoms with Crippen molar-refractivity contribution in [3.63, 3.8) is 0 Å². The van der Waals surface area contributed by atoms with Gasteiger partial charge in [-0.2, -0.15) is 0 Å². The molecule has 2 aromatic heterocycles. The molecule has 0 N–H and O–H groups in total. The number of fused-ring (bicyclic) bond motifs is 3. The van der Waals surface area contributed by atoms with Crippen LogP contribution in [0, 0.1) is 0 Å². The second-order valence-electron chi connectivity index (χ2n) is 14.3. The largest absolute Gasteiger partial charge is 0.328 e. The fourth-order valence-electron chi connectivity index (χ4n) is 8.19. The Balaban J connectivity index is 1.16. The molecule has 0 saturated carbocycles. The second-order valence-corrected chi connectivity index (χ2v) is 14.3. The van der Waals surface area contributed by atoms with E-state index in [1.807, 2.05) is 38.4 Å². The van der Waals surface area contributed by atoms with Crippen molar-refractivity contribution >= 4 is 32.6 Å². The quantitative estimate of drug-likeness (QED) is 0.161. The number of benzene rings is 8. The Morgan fingerprint density at radius 3 is 1.36 bits per heavy atom. The van der Waals surface area contributed by atoms with Crippen molar-refractivity contribution in [2.45, 2.75) is 0 Å². The number of hydrogen-bond donors (Lipinski definition) is 0. The lowest BCUT2D eigenvalue weighted by molar-refractivity contribution is 0.795. The summed E-state index contributed by atoms with van der Waals surface area (Å²) < 4.78 is 3.43. The molecule has 0 aliphatic carbocycles. The van der Waals surface area contributed by atoms with E-state index in [1.54, 1.807) is 9.13 Å². The molecule has 10 aromatic rings. The van der Waals surface area contributed by atoms with E-state index in [0.717, 1.165) is 88.5 Å². The third-order valence-corrected chi connectivity index (χ3v) is 11.0. The maximum Gasteiger partial charge on any atom is 0.328 e. The molecule has 0 saturated heterocycles. The van der Waals surface area contributed by atoms with Crippen molar-refractivity contribution < 1.29 is 0 Å². The second kappa shape index (κ2) is 13.5. The summed E-state index contributed by atoms with van der Waals surface area (Å²) in [6.07, 6.45) is 0. The van der Waals surface area contributed by atoms with Crippen molar-refractivity contribution in [3.05, 3.63) is 192 Å². The predicted molar refractivity (Wildman–Crippen MR) is 231 cm³/mol. The van der Waals surface area contributed by atoms with E-state index < -0.39 is 0 Å². The first-order valence-corrected chi connectivity index (χ1v) is 18.8. The lowest BCUT2D eigenvalue weighted by atomic mass is 9.85. The summed E-state index contributed by atoms with van der Waals surface area (Å²) in [5.41, 5.74) is 13.3. The zero-order chi connectivity index (χ0) is 37.8. The van der Waals surface area contributed by atoms with E-state index in [4.69, 9.17) is 9.97 Å². The first kappa shape index (κ1) is 33.2. The third-order valence-electron chi connectivity index (χ3n) is 11.0. The molecular weight excluding hydrogens is 685 g/mol. The Morgan fingerprint density at radius 1 is 0.357 bits per heavy atom. The summed E-state index contributed by atoms with van der Waals surface area (Å²) in [4.78, 5) is 23.2. The minimum atomic E-state index is -0.0329. The Bertz CT molecular complexity index is 3120. The minimum Gasteiger partial charge on any atom is -0.295 e. The zero-order valence-electron chi connectivity index (χ0n) is 31.0. The highest BCUT2D eigenvalue weighted by molar-refractivity contribution is 6.21. The van der Waals surface area contributed by atoms with Gasteiger partial charge in [-0.05, 0) is 85.3 Å². The fraction of sp³-hybridized carbons (Fsp3) is 0.0392. The van der Waals surface area contributed by atoms with Crippen LogP contribution in [0.3, 0.4) is 0 Å². The molecule has 0 radical (unpaired) electrons. The average molecular weight is 721 g/mol. The Hall–Kier alpha value is -7.37. The molecule has 5 nitrogen and oxygen atoms in total. The van der Waals surface area contributed by atoms with E-state index >= 15 is 0 Å². The summed E-state index contributed by atoms with van der Waals surface area (Å²) in [5.74, 6) is 0.682. The number of aromatic nitrogens is 4. The molecule has 266 valence electrons. The lowest BCUT2D eigenvalue weighted by Crippen LogP contribution is -2.19. The number of hydrogen-bond acceptors (Lipinski definition) is 3. The molecule has 8 aromatic carbocycles. The first-order valence-electron chi connectivity index (χ1n) is 18.8. The monoisotopic (exact) mass is 720 g/mol. The van der Waals surface area contributed by atoms with Crippen LogP contribution in [0.5, 0.6) is 0 Å². The van der Waals surface area contributed by atoms with Crippen molar-refractivity contribution in [1.29, 1.82) is 0 Å². The van der Waals surface area contributed by atoms with Gasteiger partial charge in [-0.15, -0.1) is 0 Å². The van der Waals surface area contributed by atoms with Crippen LogP contribution in [0.25, 0.3) is 99.9 Å². The summed E-state index contributed by atoms with van der Waals surface area (Å²) >= 11 is 0. The normalized spacial score (nSPS) is 11.5. The molecule has 0 fully saturated rings. The Kier molecular flexibility index (Phi) is 8.00. The van der Waals surface area contributed by atoms with Gasteiger partial charge in [-0.3, -0.25) is 9.13 Å². The maximum absolute atomic E-state index is 12.9. The standard InChI is InChI=1S/C51H36N4O/c1-54-46-28-27-39(31-47(46)55(2)51(54)56)49-42-25-11-9-23-40(42)48(41-24-10-12-26-43(41)49)38-22-14-21-37(30-38)45-32-44(52-50(53-45)34-17-7-4-8-18-34)36-20-13-19-35(29-36)33-15-5-3-6-16-33/h3-32H,1-2H3. The molecule has 0 aliphatic rings. The van der Waals surface area contributed by atoms with E-state index in [2.05, 4.69) is 158 Å². The van der Waals surface area contributed by atoms with E-state index in [1.165, 1.54) is 5.56 Å². The Labute approximate surface area is 324 Å². The fourth-order valence-corrected chi connectivity index (χ4v) is 8.19. The highest BCUT2D eigenvalue weighted by atomic mass is 16.1. The van der Waals surface area contributed by atoms with E-state index in [9.17, 15) is 4.79 Å². The average Bonchev–Trinajstić information content (AvgIpc) is 3.48. The predicted octanol–water partition coefficient (Wildman–Crippen LogP) is 12.0. The zero-order valence-corrected chi connectivity index (χ0v) is 31.0. The SMILES string of the molecule is Cn1c(=O)n(C)c2cc(-c3c4ccccc4c(-c4cccc(-c5cc(-c6cccc(-c7ccccc7)c6)nc(-c6ccccc6)n5)c4)c4ccccc34)ccc21. The maximum atomic E-state index is 12.9. The van der Waals surface area contributed by atoms with Crippen LogP contribution < -0.4 is 5.69 Å². The molecule has 56 heavy (non-hydrogen) atoms. The van der Waals surface area contributed by atoms with Crippen LogP contribution in [-0.2, 0) is 14.1 Å². The van der Waals surface area contributed by atoms with Gasteiger partial charge in [0.2, 0.25) is 0 Å². The topological polar surface area (TPSA) is 52.7 Å². The molecule has 5 heteroatoms. The van der Waals surface area contributed by atoms with Gasteiger partial charge >= 0.3 is 5.69 Å². The van der Waals surface area contributed by atoms with Crippen molar-refractivity contribution in [3.8, 4) is 67.3 Å². The summed E-state index contributed by atoms with van der Waals surface area (Å²) in [6.45, 7) is 0. The summed E-state index contributed by atoms with van der Waals surface area (Å²) in [7, 11) is 3.66. The van der Waals surface area contributed by atoms with Gasteiger partial charge in [0.25, 0.3) is 0 Å². The lowest BCUT2D eigenvalue weighted by Gasteiger charge is -2.18. The van der Waals surface area contributed by atoms with Gasteiger partial charge in [-0.25, -0.2) is 14.8 Å².